The number of nitrogens with one attached hydrogen (secondary N) is 1. The number of hydrogen-bond acceptors (Lipinski definition) is 6. The predicted molar refractivity (Wildman–Crippen MR) is 106 cm³/mol. The van der Waals surface area contributed by atoms with Crippen molar-refractivity contribution in [1.29, 1.82) is 0 Å². The molecule has 1 aromatic heterocycles. The molecule has 0 unspecified atom stereocenters. The topological polar surface area (TPSA) is 90.4 Å². The van der Waals surface area contributed by atoms with Gasteiger partial charge in [-0.1, -0.05) is 18.2 Å². The van der Waals surface area contributed by atoms with Crippen LogP contribution in [0, 0.1) is 13.8 Å². The number of sulfonamides is 1. The molecule has 0 bridgehead atoms. The van der Waals surface area contributed by atoms with Gasteiger partial charge in [-0.25, -0.2) is 8.42 Å². The monoisotopic (exact) mass is 399 g/mol. The number of rotatable bonds is 7. The van der Waals surface area contributed by atoms with Gasteiger partial charge in [0.2, 0.25) is 0 Å². The van der Waals surface area contributed by atoms with Crippen molar-refractivity contribution < 1.29 is 17.9 Å². The first-order valence-corrected chi connectivity index (χ1v) is 10.2. The van der Waals surface area contributed by atoms with Gasteiger partial charge < -0.3 is 9.47 Å². The highest BCUT2D eigenvalue weighted by molar-refractivity contribution is 7.92. The first-order chi connectivity index (χ1) is 13.4. The summed E-state index contributed by atoms with van der Waals surface area (Å²) in [5.74, 6) is 1.22. The van der Waals surface area contributed by atoms with Crippen molar-refractivity contribution >= 4 is 15.7 Å². The molecular formula is C20H21N3O4S. The second kappa shape index (κ2) is 8.26. The van der Waals surface area contributed by atoms with Gasteiger partial charge in [-0.15, -0.1) is 0 Å². The van der Waals surface area contributed by atoms with Gasteiger partial charge in [-0.05, 0) is 57.2 Å². The number of aryl methyl sites for hydroxylation is 2. The van der Waals surface area contributed by atoms with Crippen molar-refractivity contribution in [2.45, 2.75) is 25.7 Å². The van der Waals surface area contributed by atoms with Crippen molar-refractivity contribution in [1.82, 2.24) is 9.97 Å². The van der Waals surface area contributed by atoms with Crippen LogP contribution in [0.2, 0.25) is 0 Å². The molecule has 0 aliphatic rings. The zero-order chi connectivity index (χ0) is 20.1. The summed E-state index contributed by atoms with van der Waals surface area (Å²) in [5.41, 5.74) is 1.32. The lowest BCUT2D eigenvalue weighted by Crippen LogP contribution is -2.16. The number of nitrogens with zero attached hydrogens (tertiary/aromatic N) is 2. The van der Waals surface area contributed by atoms with Crippen molar-refractivity contribution in [2.75, 3.05) is 11.3 Å². The first-order valence-electron chi connectivity index (χ1n) is 8.73. The van der Waals surface area contributed by atoms with E-state index < -0.39 is 10.0 Å². The van der Waals surface area contributed by atoms with E-state index in [1.54, 1.807) is 26.0 Å². The Hall–Kier alpha value is -3.13. The highest BCUT2D eigenvalue weighted by Gasteiger charge is 2.19. The standard InChI is InChI=1S/C20H21N3O4S/c1-4-26-20-21-14(2)19(15(3)22-20)23-28(24,25)18-12-10-17(11-13-18)27-16-8-6-5-7-9-16/h5-13,23H,4H2,1-3H3. The molecule has 2 aromatic carbocycles. The molecule has 0 fully saturated rings. The average molecular weight is 399 g/mol. The van der Waals surface area contributed by atoms with Crippen molar-refractivity contribution in [3.8, 4) is 17.5 Å². The third kappa shape index (κ3) is 4.58. The maximum absolute atomic E-state index is 12.7. The summed E-state index contributed by atoms with van der Waals surface area (Å²) < 4.78 is 39.0. The van der Waals surface area contributed by atoms with E-state index in [9.17, 15) is 8.42 Å². The number of aromatic nitrogens is 2. The summed E-state index contributed by atoms with van der Waals surface area (Å²) in [7, 11) is -3.80. The van der Waals surface area contributed by atoms with E-state index in [0.717, 1.165) is 0 Å². The Morgan fingerprint density at radius 2 is 1.46 bits per heavy atom. The average Bonchev–Trinajstić information content (AvgIpc) is 2.66. The molecule has 0 aliphatic heterocycles. The minimum Gasteiger partial charge on any atom is -0.464 e. The van der Waals surface area contributed by atoms with Crippen LogP contribution in [0.5, 0.6) is 17.5 Å². The van der Waals surface area contributed by atoms with Gasteiger partial charge in [0.05, 0.1) is 28.6 Å². The summed E-state index contributed by atoms with van der Waals surface area (Å²) in [6.07, 6.45) is 0. The smallest absolute Gasteiger partial charge is 0.316 e. The van der Waals surface area contributed by atoms with E-state index >= 15 is 0 Å². The van der Waals surface area contributed by atoms with Gasteiger partial charge in [0.1, 0.15) is 11.5 Å². The largest absolute Gasteiger partial charge is 0.464 e. The molecule has 8 heteroatoms. The highest BCUT2D eigenvalue weighted by atomic mass is 32.2. The van der Waals surface area contributed by atoms with Crippen LogP contribution in [0.4, 0.5) is 5.69 Å². The molecule has 1 heterocycles. The summed E-state index contributed by atoms with van der Waals surface area (Å²) in [6, 6.07) is 15.7. The highest BCUT2D eigenvalue weighted by Crippen LogP contribution is 2.26. The summed E-state index contributed by atoms with van der Waals surface area (Å²) in [4.78, 5) is 8.48. The minimum absolute atomic E-state index is 0.112. The van der Waals surface area contributed by atoms with Crippen LogP contribution in [0.1, 0.15) is 18.3 Å². The molecular weight excluding hydrogens is 378 g/mol. The fourth-order valence-electron chi connectivity index (χ4n) is 2.53. The van der Waals surface area contributed by atoms with Crippen LogP contribution >= 0.6 is 0 Å². The number of ether oxygens (including phenoxy) is 2. The van der Waals surface area contributed by atoms with E-state index in [4.69, 9.17) is 9.47 Å². The van der Waals surface area contributed by atoms with Gasteiger partial charge in [0.25, 0.3) is 10.0 Å². The van der Waals surface area contributed by atoms with Crippen LogP contribution in [0.3, 0.4) is 0 Å². The third-order valence-electron chi connectivity index (χ3n) is 3.87. The molecule has 0 spiro atoms. The van der Waals surface area contributed by atoms with Gasteiger partial charge in [0.15, 0.2) is 0 Å². The second-order valence-corrected chi connectivity index (χ2v) is 7.66. The normalized spacial score (nSPS) is 11.1. The Balaban J connectivity index is 1.80. The van der Waals surface area contributed by atoms with Crippen molar-refractivity contribution in [2.24, 2.45) is 0 Å². The molecule has 3 rings (SSSR count). The van der Waals surface area contributed by atoms with Crippen LogP contribution in [-0.4, -0.2) is 25.0 Å². The third-order valence-corrected chi connectivity index (χ3v) is 5.24. The molecule has 3 aromatic rings. The van der Waals surface area contributed by atoms with E-state index in [0.29, 0.717) is 35.2 Å². The van der Waals surface area contributed by atoms with Gasteiger partial charge in [0, 0.05) is 0 Å². The lowest BCUT2D eigenvalue weighted by Gasteiger charge is -2.14. The maximum atomic E-state index is 12.7. The minimum atomic E-state index is -3.80. The fourth-order valence-corrected chi connectivity index (χ4v) is 3.71. The number of benzene rings is 2. The Morgan fingerprint density at radius 3 is 2.04 bits per heavy atom. The molecule has 28 heavy (non-hydrogen) atoms. The molecule has 0 radical (unpaired) electrons. The number of hydrogen-bond donors (Lipinski definition) is 1. The molecule has 0 atom stereocenters. The van der Waals surface area contributed by atoms with Crippen molar-refractivity contribution in [3.63, 3.8) is 0 Å². The van der Waals surface area contributed by atoms with Gasteiger partial charge >= 0.3 is 6.01 Å². The number of para-hydroxylation sites is 1. The molecule has 7 nitrogen and oxygen atoms in total. The zero-order valence-electron chi connectivity index (χ0n) is 15.8. The van der Waals surface area contributed by atoms with E-state index in [1.165, 1.54) is 12.1 Å². The Labute approximate surface area is 164 Å². The van der Waals surface area contributed by atoms with Crippen molar-refractivity contribution in [3.05, 3.63) is 66.0 Å². The molecule has 0 aliphatic carbocycles. The Bertz CT molecular complexity index is 1030. The molecule has 0 amide bonds. The van der Waals surface area contributed by atoms with E-state index in [2.05, 4.69) is 14.7 Å². The second-order valence-electron chi connectivity index (χ2n) is 5.98. The van der Waals surface area contributed by atoms with Gasteiger partial charge in [-0.3, -0.25) is 4.72 Å². The fraction of sp³-hybridized carbons (Fsp3) is 0.200. The lowest BCUT2D eigenvalue weighted by molar-refractivity contribution is 0.311. The first kappa shape index (κ1) is 19.6. The Kier molecular flexibility index (Phi) is 5.79. The molecule has 0 saturated carbocycles. The summed E-state index contributed by atoms with van der Waals surface area (Å²) in [5, 5.41) is 0. The van der Waals surface area contributed by atoms with Crippen LogP contribution in [-0.2, 0) is 10.0 Å². The maximum Gasteiger partial charge on any atom is 0.316 e. The summed E-state index contributed by atoms with van der Waals surface area (Å²) in [6.45, 7) is 5.66. The quantitative estimate of drug-likeness (QED) is 0.644. The van der Waals surface area contributed by atoms with Crippen LogP contribution in [0.25, 0.3) is 0 Å². The van der Waals surface area contributed by atoms with E-state index in [1.807, 2.05) is 37.3 Å². The predicted octanol–water partition coefficient (Wildman–Crippen LogP) is 4.09. The lowest BCUT2D eigenvalue weighted by atomic mass is 10.3. The molecule has 1 N–H and O–H groups in total. The molecule has 0 saturated heterocycles. The Morgan fingerprint density at radius 1 is 0.893 bits per heavy atom. The zero-order valence-corrected chi connectivity index (χ0v) is 16.7. The van der Waals surface area contributed by atoms with Crippen LogP contribution < -0.4 is 14.2 Å². The van der Waals surface area contributed by atoms with E-state index in [-0.39, 0.29) is 10.9 Å². The molecule has 146 valence electrons. The SMILES string of the molecule is CCOc1nc(C)c(NS(=O)(=O)c2ccc(Oc3ccccc3)cc2)c(C)n1. The summed E-state index contributed by atoms with van der Waals surface area (Å²) >= 11 is 0. The van der Waals surface area contributed by atoms with Crippen LogP contribution in [0.15, 0.2) is 59.5 Å². The van der Waals surface area contributed by atoms with Gasteiger partial charge in [-0.2, -0.15) is 9.97 Å². The number of anilines is 1.